The average molecular weight is 394 g/mol. The van der Waals surface area contributed by atoms with Gasteiger partial charge in [0.15, 0.2) is 0 Å². The smallest absolute Gasteiger partial charge is 0.228 e. The summed E-state index contributed by atoms with van der Waals surface area (Å²) < 4.78 is 5.23. The number of amides is 1. The second-order valence-corrected chi connectivity index (χ2v) is 8.04. The third-order valence-electron chi connectivity index (χ3n) is 6.17. The van der Waals surface area contributed by atoms with Crippen LogP contribution in [0, 0.1) is 12.8 Å². The Balaban J connectivity index is 1.29. The summed E-state index contributed by atoms with van der Waals surface area (Å²) in [6.07, 6.45) is 3.82. The number of fused-ring (bicyclic) bond motifs is 1. The number of aryl methyl sites for hydroxylation is 1. The molecule has 0 N–H and O–H groups in total. The summed E-state index contributed by atoms with van der Waals surface area (Å²) in [4.78, 5) is 33.3. The molecule has 0 unspecified atom stereocenters. The first-order chi connectivity index (χ1) is 14.1. The lowest BCUT2D eigenvalue weighted by molar-refractivity contribution is -0.135. The van der Waals surface area contributed by atoms with Crippen LogP contribution in [-0.2, 0) is 17.9 Å². The first kappa shape index (κ1) is 18.1. The van der Waals surface area contributed by atoms with Gasteiger partial charge < -0.3 is 19.4 Å². The quantitative estimate of drug-likeness (QED) is 0.782. The molecule has 0 spiro atoms. The highest BCUT2D eigenvalue weighted by atomic mass is 16.5. The van der Waals surface area contributed by atoms with E-state index in [-0.39, 0.29) is 11.8 Å². The fourth-order valence-corrected chi connectivity index (χ4v) is 4.47. The van der Waals surface area contributed by atoms with E-state index >= 15 is 0 Å². The standard InChI is InChI=1S/C21H26N6O2/c1-14-23-18-13-27(12-17(18)20(24-14)25-7-3-8-25)21(28)15-5-9-26(11-15)16-4-6-22-19(10-16)29-2/h4,6,10,15H,3,5,7-9,11-13H2,1-2H3/t15-/m1/s1. The van der Waals surface area contributed by atoms with Crippen LogP contribution in [0.25, 0.3) is 0 Å². The van der Waals surface area contributed by atoms with Gasteiger partial charge in [0.05, 0.1) is 31.8 Å². The first-order valence-electron chi connectivity index (χ1n) is 10.3. The van der Waals surface area contributed by atoms with E-state index in [9.17, 15) is 4.79 Å². The van der Waals surface area contributed by atoms with Crippen molar-refractivity contribution in [2.24, 2.45) is 5.92 Å². The molecule has 2 aromatic heterocycles. The maximum Gasteiger partial charge on any atom is 0.228 e. The van der Waals surface area contributed by atoms with E-state index in [1.54, 1.807) is 13.3 Å². The molecule has 0 saturated carbocycles. The second-order valence-electron chi connectivity index (χ2n) is 8.04. The van der Waals surface area contributed by atoms with Crippen LogP contribution in [0.4, 0.5) is 11.5 Å². The number of rotatable bonds is 4. The molecule has 3 aliphatic heterocycles. The summed E-state index contributed by atoms with van der Waals surface area (Å²) >= 11 is 0. The summed E-state index contributed by atoms with van der Waals surface area (Å²) in [6, 6.07) is 3.90. The number of hydrogen-bond acceptors (Lipinski definition) is 7. The van der Waals surface area contributed by atoms with Crippen LogP contribution in [0.15, 0.2) is 18.3 Å². The zero-order valence-electron chi connectivity index (χ0n) is 17.0. The predicted molar refractivity (Wildman–Crippen MR) is 109 cm³/mol. The third-order valence-corrected chi connectivity index (χ3v) is 6.17. The van der Waals surface area contributed by atoms with Gasteiger partial charge in [0.2, 0.25) is 11.8 Å². The van der Waals surface area contributed by atoms with Crippen molar-refractivity contribution in [3.05, 3.63) is 35.4 Å². The molecule has 2 aromatic rings. The maximum atomic E-state index is 13.3. The molecule has 8 nitrogen and oxygen atoms in total. The van der Waals surface area contributed by atoms with Crippen LogP contribution in [0.2, 0.25) is 0 Å². The number of aromatic nitrogens is 3. The van der Waals surface area contributed by atoms with Gasteiger partial charge in [0.25, 0.3) is 0 Å². The minimum absolute atomic E-state index is 0.00462. The van der Waals surface area contributed by atoms with E-state index in [4.69, 9.17) is 4.74 Å². The van der Waals surface area contributed by atoms with E-state index in [1.807, 2.05) is 24.0 Å². The van der Waals surface area contributed by atoms with Gasteiger partial charge in [-0.05, 0) is 25.8 Å². The molecule has 8 heteroatoms. The molecule has 2 fully saturated rings. The normalized spacial score (nSPS) is 20.6. The van der Waals surface area contributed by atoms with Gasteiger partial charge in [-0.3, -0.25) is 4.79 Å². The van der Waals surface area contributed by atoms with Crippen LogP contribution in [0.1, 0.15) is 29.9 Å². The number of nitrogens with zero attached hydrogens (tertiary/aromatic N) is 6. The van der Waals surface area contributed by atoms with E-state index in [0.29, 0.717) is 19.0 Å². The van der Waals surface area contributed by atoms with Crippen molar-refractivity contribution in [1.29, 1.82) is 0 Å². The summed E-state index contributed by atoms with van der Waals surface area (Å²) in [5.74, 6) is 2.65. The number of carbonyl (C=O) groups excluding carboxylic acids is 1. The van der Waals surface area contributed by atoms with Crippen molar-refractivity contribution >= 4 is 17.4 Å². The second kappa shape index (κ2) is 7.17. The van der Waals surface area contributed by atoms with Crippen LogP contribution in [-0.4, -0.2) is 59.0 Å². The van der Waals surface area contributed by atoms with Gasteiger partial charge in [0, 0.05) is 49.7 Å². The Labute approximate surface area is 170 Å². The Kier molecular flexibility index (Phi) is 4.49. The van der Waals surface area contributed by atoms with E-state index in [0.717, 1.165) is 61.2 Å². The molecule has 5 rings (SSSR count). The number of pyridine rings is 1. The molecule has 0 bridgehead atoms. The molecule has 2 saturated heterocycles. The highest BCUT2D eigenvalue weighted by Crippen LogP contribution is 2.34. The van der Waals surface area contributed by atoms with Crippen LogP contribution >= 0.6 is 0 Å². The fraction of sp³-hybridized carbons (Fsp3) is 0.524. The highest BCUT2D eigenvalue weighted by molar-refractivity contribution is 5.81. The molecule has 5 heterocycles. The molecule has 152 valence electrons. The number of ether oxygens (including phenoxy) is 1. The number of hydrogen-bond donors (Lipinski definition) is 0. The topological polar surface area (TPSA) is 74.7 Å². The van der Waals surface area contributed by atoms with Crippen molar-refractivity contribution in [3.8, 4) is 5.88 Å². The van der Waals surface area contributed by atoms with Crippen molar-refractivity contribution in [3.63, 3.8) is 0 Å². The summed E-state index contributed by atoms with van der Waals surface area (Å²) in [6.45, 7) is 6.84. The highest BCUT2D eigenvalue weighted by Gasteiger charge is 2.36. The molecule has 29 heavy (non-hydrogen) atoms. The van der Waals surface area contributed by atoms with Gasteiger partial charge in [-0.25, -0.2) is 15.0 Å². The number of methoxy groups -OCH3 is 1. The molecular weight excluding hydrogens is 368 g/mol. The largest absolute Gasteiger partial charge is 0.481 e. The molecule has 0 aliphatic carbocycles. The monoisotopic (exact) mass is 394 g/mol. The van der Waals surface area contributed by atoms with Crippen molar-refractivity contribution in [2.45, 2.75) is 32.9 Å². The van der Waals surface area contributed by atoms with Crippen molar-refractivity contribution in [2.75, 3.05) is 43.1 Å². The van der Waals surface area contributed by atoms with Gasteiger partial charge >= 0.3 is 0 Å². The molecule has 1 atom stereocenters. The lowest BCUT2D eigenvalue weighted by Gasteiger charge is -2.33. The molecular formula is C21H26N6O2. The third kappa shape index (κ3) is 3.26. The van der Waals surface area contributed by atoms with Crippen LogP contribution in [0.5, 0.6) is 5.88 Å². The Morgan fingerprint density at radius 3 is 2.79 bits per heavy atom. The molecule has 0 aromatic carbocycles. The average Bonchev–Trinajstić information content (AvgIpc) is 3.33. The SMILES string of the molecule is COc1cc(N2CC[C@@H](C(=O)N3Cc4nc(C)nc(N5CCC5)c4C3)C2)ccn1. The Morgan fingerprint density at radius 1 is 1.17 bits per heavy atom. The van der Waals surface area contributed by atoms with Gasteiger partial charge in [-0.2, -0.15) is 0 Å². The Hall–Kier alpha value is -2.90. The van der Waals surface area contributed by atoms with Crippen LogP contribution in [0.3, 0.4) is 0 Å². The summed E-state index contributed by atoms with van der Waals surface area (Å²) in [7, 11) is 1.62. The lowest BCUT2D eigenvalue weighted by atomic mass is 10.1. The van der Waals surface area contributed by atoms with Crippen molar-refractivity contribution in [1.82, 2.24) is 19.9 Å². The molecule has 0 radical (unpaired) electrons. The Morgan fingerprint density at radius 2 is 2.03 bits per heavy atom. The predicted octanol–water partition coefficient (Wildman–Crippen LogP) is 1.77. The summed E-state index contributed by atoms with van der Waals surface area (Å²) in [5.41, 5.74) is 3.21. The molecule has 3 aliphatic rings. The van der Waals surface area contributed by atoms with Crippen LogP contribution < -0.4 is 14.5 Å². The number of anilines is 2. The Bertz CT molecular complexity index is 945. The minimum Gasteiger partial charge on any atom is -0.481 e. The lowest BCUT2D eigenvalue weighted by Crippen LogP contribution is -2.39. The first-order valence-corrected chi connectivity index (χ1v) is 10.3. The zero-order chi connectivity index (χ0) is 20.0. The van der Waals surface area contributed by atoms with Gasteiger partial charge in [-0.1, -0.05) is 0 Å². The van der Waals surface area contributed by atoms with E-state index in [2.05, 4.69) is 24.8 Å². The minimum atomic E-state index is 0.00462. The van der Waals surface area contributed by atoms with E-state index < -0.39 is 0 Å². The fourth-order valence-electron chi connectivity index (χ4n) is 4.47. The van der Waals surface area contributed by atoms with Gasteiger partial charge in [-0.15, -0.1) is 0 Å². The zero-order valence-corrected chi connectivity index (χ0v) is 17.0. The van der Waals surface area contributed by atoms with E-state index in [1.165, 1.54) is 6.42 Å². The maximum absolute atomic E-state index is 13.3. The van der Waals surface area contributed by atoms with Gasteiger partial charge in [0.1, 0.15) is 11.6 Å². The molecule has 1 amide bonds. The number of carbonyl (C=O) groups is 1. The summed E-state index contributed by atoms with van der Waals surface area (Å²) in [5, 5.41) is 0. The van der Waals surface area contributed by atoms with Crippen molar-refractivity contribution < 1.29 is 9.53 Å².